The van der Waals surface area contributed by atoms with Crippen LogP contribution in [0.25, 0.3) is 0 Å². The fourth-order valence-corrected chi connectivity index (χ4v) is 4.55. The maximum absolute atomic E-state index is 13.9. The van der Waals surface area contributed by atoms with Gasteiger partial charge in [-0.2, -0.15) is 0 Å². The molecule has 1 unspecified atom stereocenters. The van der Waals surface area contributed by atoms with Crippen LogP contribution in [0.5, 0.6) is 0 Å². The average molecular weight is 388 g/mol. The molecule has 1 aromatic carbocycles. The first kappa shape index (κ1) is 19.1. The standard InChI is InChI=1S/C21H26F2N4O/c1-14-24-11-19(25-14)21(28)27-10-7-16(13-27)15-5-8-26(9-6-15)12-17-3-2-4-18(22)20(17)23/h2-4,11,15-16H,5-10,12-13H2,1H3,(H,24,25). The van der Waals surface area contributed by atoms with Gasteiger partial charge in [0.15, 0.2) is 11.6 Å². The lowest BCUT2D eigenvalue weighted by Crippen LogP contribution is -2.37. The predicted octanol–water partition coefficient (Wildman–Crippen LogP) is 3.37. The third kappa shape index (κ3) is 3.94. The molecule has 2 aromatic rings. The summed E-state index contributed by atoms with van der Waals surface area (Å²) >= 11 is 0. The van der Waals surface area contributed by atoms with Crippen LogP contribution in [-0.2, 0) is 6.54 Å². The number of nitrogens with one attached hydrogen (secondary N) is 1. The zero-order valence-electron chi connectivity index (χ0n) is 16.1. The molecular weight excluding hydrogens is 362 g/mol. The quantitative estimate of drug-likeness (QED) is 0.874. The molecule has 4 rings (SSSR count). The van der Waals surface area contributed by atoms with E-state index < -0.39 is 11.6 Å². The number of likely N-dealkylation sites (tertiary alicyclic amines) is 2. The van der Waals surface area contributed by atoms with Gasteiger partial charge in [0.05, 0.1) is 6.20 Å². The average Bonchev–Trinajstić information content (AvgIpc) is 3.35. The first-order valence-corrected chi connectivity index (χ1v) is 9.97. The number of aromatic amines is 1. The van der Waals surface area contributed by atoms with Crippen LogP contribution in [0.4, 0.5) is 8.78 Å². The fraction of sp³-hybridized carbons (Fsp3) is 0.524. The summed E-state index contributed by atoms with van der Waals surface area (Å²) in [6.07, 6.45) is 4.71. The second kappa shape index (κ2) is 7.99. The van der Waals surface area contributed by atoms with Gasteiger partial charge in [0.25, 0.3) is 5.91 Å². The summed E-state index contributed by atoms with van der Waals surface area (Å²) in [6, 6.07) is 4.37. The van der Waals surface area contributed by atoms with Gasteiger partial charge < -0.3 is 9.88 Å². The van der Waals surface area contributed by atoms with Gasteiger partial charge in [0.2, 0.25) is 0 Å². The van der Waals surface area contributed by atoms with Crippen LogP contribution in [0.3, 0.4) is 0 Å². The van der Waals surface area contributed by atoms with E-state index >= 15 is 0 Å². The summed E-state index contributed by atoms with van der Waals surface area (Å²) in [5.41, 5.74) is 0.982. The van der Waals surface area contributed by atoms with Crippen molar-refractivity contribution in [3.8, 4) is 0 Å². The molecule has 28 heavy (non-hydrogen) atoms. The summed E-state index contributed by atoms with van der Waals surface area (Å²) in [5, 5.41) is 0. The van der Waals surface area contributed by atoms with Crippen LogP contribution >= 0.6 is 0 Å². The lowest BCUT2D eigenvalue weighted by Gasteiger charge is -2.34. The first-order valence-electron chi connectivity index (χ1n) is 9.97. The van der Waals surface area contributed by atoms with E-state index in [4.69, 9.17) is 0 Å². The molecule has 150 valence electrons. The Bertz CT molecular complexity index is 845. The molecule has 0 aliphatic carbocycles. The van der Waals surface area contributed by atoms with E-state index in [0.717, 1.165) is 57.3 Å². The molecule has 0 radical (unpaired) electrons. The predicted molar refractivity (Wildman–Crippen MR) is 102 cm³/mol. The number of hydrogen-bond donors (Lipinski definition) is 1. The normalized spacial score (nSPS) is 21.4. The van der Waals surface area contributed by atoms with Gasteiger partial charge in [-0.1, -0.05) is 12.1 Å². The molecule has 2 aliphatic heterocycles. The minimum Gasteiger partial charge on any atom is -0.338 e. The Morgan fingerprint density at radius 3 is 2.64 bits per heavy atom. The smallest absolute Gasteiger partial charge is 0.271 e. The van der Waals surface area contributed by atoms with E-state index in [0.29, 0.717) is 29.6 Å². The summed E-state index contributed by atoms with van der Waals surface area (Å²) in [7, 11) is 0. The lowest BCUT2D eigenvalue weighted by molar-refractivity contribution is 0.0767. The highest BCUT2D eigenvalue weighted by Gasteiger charge is 2.34. The minimum atomic E-state index is -0.782. The molecule has 2 fully saturated rings. The Hall–Kier alpha value is -2.28. The van der Waals surface area contributed by atoms with Crippen molar-refractivity contribution >= 4 is 5.91 Å². The van der Waals surface area contributed by atoms with Crippen LogP contribution in [0.15, 0.2) is 24.4 Å². The number of hydrogen-bond acceptors (Lipinski definition) is 3. The zero-order valence-corrected chi connectivity index (χ0v) is 16.1. The third-order valence-electron chi connectivity index (χ3n) is 6.17. The molecule has 0 bridgehead atoms. The molecule has 2 saturated heterocycles. The van der Waals surface area contributed by atoms with Crippen molar-refractivity contribution in [3.63, 3.8) is 0 Å². The van der Waals surface area contributed by atoms with E-state index in [1.807, 2.05) is 11.8 Å². The molecule has 1 atom stereocenters. The SMILES string of the molecule is Cc1ncc(C(=O)N2CCC(C3CCN(Cc4cccc(F)c4F)CC3)C2)[nH]1. The van der Waals surface area contributed by atoms with E-state index in [-0.39, 0.29) is 5.91 Å². The van der Waals surface area contributed by atoms with Crippen molar-refractivity contribution in [2.75, 3.05) is 26.2 Å². The van der Waals surface area contributed by atoms with Crippen LogP contribution in [0, 0.1) is 30.4 Å². The second-order valence-electron chi connectivity index (χ2n) is 8.01. The van der Waals surface area contributed by atoms with E-state index in [1.165, 1.54) is 0 Å². The van der Waals surface area contributed by atoms with Gasteiger partial charge in [-0.05, 0) is 57.2 Å². The van der Waals surface area contributed by atoms with Gasteiger partial charge in [0.1, 0.15) is 11.5 Å². The Morgan fingerprint density at radius 1 is 1.18 bits per heavy atom. The fourth-order valence-electron chi connectivity index (χ4n) is 4.55. The molecule has 5 nitrogen and oxygen atoms in total. The minimum absolute atomic E-state index is 0.0297. The largest absolute Gasteiger partial charge is 0.338 e. The number of piperidine rings is 1. The highest BCUT2D eigenvalue weighted by molar-refractivity contribution is 5.92. The molecule has 0 saturated carbocycles. The Kier molecular flexibility index (Phi) is 5.44. The summed E-state index contributed by atoms with van der Waals surface area (Å²) in [4.78, 5) is 23.8. The topological polar surface area (TPSA) is 52.2 Å². The number of aryl methyl sites for hydroxylation is 1. The summed E-state index contributed by atoms with van der Waals surface area (Å²) < 4.78 is 27.3. The third-order valence-corrected chi connectivity index (χ3v) is 6.17. The van der Waals surface area contributed by atoms with Gasteiger partial charge in [-0.15, -0.1) is 0 Å². The molecule has 1 N–H and O–H groups in total. The van der Waals surface area contributed by atoms with Crippen molar-refractivity contribution in [1.82, 2.24) is 19.8 Å². The zero-order chi connectivity index (χ0) is 19.7. The van der Waals surface area contributed by atoms with Crippen LogP contribution in [0.2, 0.25) is 0 Å². The van der Waals surface area contributed by atoms with Crippen molar-refractivity contribution in [1.29, 1.82) is 0 Å². The molecular formula is C21H26F2N4O. The van der Waals surface area contributed by atoms with E-state index in [2.05, 4.69) is 14.9 Å². The molecule has 2 aliphatic rings. The summed E-state index contributed by atoms with van der Waals surface area (Å²) in [6.45, 7) is 5.63. The Labute approximate surface area is 163 Å². The van der Waals surface area contributed by atoms with Crippen molar-refractivity contribution in [3.05, 3.63) is 53.1 Å². The number of amides is 1. The number of carbonyl (C=O) groups excluding carboxylic acids is 1. The number of halogens is 2. The molecule has 7 heteroatoms. The molecule has 1 aromatic heterocycles. The van der Waals surface area contributed by atoms with Crippen molar-refractivity contribution < 1.29 is 13.6 Å². The Balaban J connectivity index is 1.28. The maximum Gasteiger partial charge on any atom is 0.271 e. The number of nitrogens with zero attached hydrogens (tertiary/aromatic N) is 3. The highest BCUT2D eigenvalue weighted by atomic mass is 19.2. The molecule has 1 amide bonds. The van der Waals surface area contributed by atoms with Crippen LogP contribution in [0.1, 0.15) is 41.1 Å². The Morgan fingerprint density at radius 2 is 1.93 bits per heavy atom. The monoisotopic (exact) mass is 388 g/mol. The first-order chi connectivity index (χ1) is 13.5. The van der Waals surface area contributed by atoms with Gasteiger partial charge in [-0.25, -0.2) is 13.8 Å². The van der Waals surface area contributed by atoms with Gasteiger partial charge in [-0.3, -0.25) is 9.69 Å². The van der Waals surface area contributed by atoms with Crippen molar-refractivity contribution in [2.45, 2.75) is 32.7 Å². The summed E-state index contributed by atoms with van der Waals surface area (Å²) in [5.74, 6) is 0.360. The number of aromatic nitrogens is 2. The molecule has 0 spiro atoms. The lowest BCUT2D eigenvalue weighted by atomic mass is 9.83. The van der Waals surface area contributed by atoms with Crippen molar-refractivity contribution in [2.24, 2.45) is 11.8 Å². The van der Waals surface area contributed by atoms with Gasteiger partial charge >= 0.3 is 0 Å². The molecule has 3 heterocycles. The second-order valence-corrected chi connectivity index (χ2v) is 8.01. The van der Waals surface area contributed by atoms with Crippen LogP contribution < -0.4 is 0 Å². The number of imidazole rings is 1. The number of H-pyrrole nitrogens is 1. The number of rotatable bonds is 4. The van der Waals surface area contributed by atoms with Crippen LogP contribution in [-0.4, -0.2) is 51.9 Å². The highest BCUT2D eigenvalue weighted by Crippen LogP contribution is 2.33. The maximum atomic E-state index is 13.9. The van der Waals surface area contributed by atoms with E-state index in [1.54, 1.807) is 18.3 Å². The van der Waals surface area contributed by atoms with E-state index in [9.17, 15) is 13.6 Å². The number of benzene rings is 1. The number of carbonyl (C=O) groups is 1. The van der Waals surface area contributed by atoms with Gasteiger partial charge in [0, 0.05) is 25.2 Å².